The van der Waals surface area contributed by atoms with Crippen molar-refractivity contribution in [2.24, 2.45) is 0 Å². The van der Waals surface area contributed by atoms with Gasteiger partial charge in [-0.2, -0.15) is 4.72 Å². The molecule has 1 aromatic rings. The zero-order valence-electron chi connectivity index (χ0n) is 10.7. The summed E-state index contributed by atoms with van der Waals surface area (Å²) in [5.74, 6) is -1.10. The molecule has 1 aliphatic carbocycles. The van der Waals surface area contributed by atoms with Gasteiger partial charge in [0.05, 0.1) is 4.90 Å². The summed E-state index contributed by atoms with van der Waals surface area (Å²) in [5.41, 5.74) is -0.392. The number of nitrogens with one attached hydrogen (secondary N) is 1. The topological polar surface area (TPSA) is 83.5 Å². The van der Waals surface area contributed by atoms with Gasteiger partial charge in [0, 0.05) is 0 Å². The Kier molecular flexibility index (Phi) is 3.64. The van der Waals surface area contributed by atoms with E-state index in [2.05, 4.69) is 4.72 Å². The van der Waals surface area contributed by atoms with E-state index in [1.165, 1.54) is 12.1 Å². The van der Waals surface area contributed by atoms with Crippen LogP contribution in [0.15, 0.2) is 29.2 Å². The van der Waals surface area contributed by atoms with E-state index in [1.807, 2.05) is 6.92 Å². The van der Waals surface area contributed by atoms with Gasteiger partial charge in [-0.1, -0.05) is 30.5 Å². The molecule has 0 heterocycles. The number of aryl methyl sites for hydroxylation is 1. The molecule has 0 atom stereocenters. The lowest BCUT2D eigenvalue weighted by Crippen LogP contribution is -2.52. The molecule has 0 radical (unpaired) electrons. The summed E-state index contributed by atoms with van der Waals surface area (Å²) in [6, 6.07) is 6.36. The Morgan fingerprint density at radius 3 is 2.21 bits per heavy atom. The fourth-order valence-corrected chi connectivity index (χ4v) is 3.79. The number of aliphatic carboxylic acids is 1. The average Bonchev–Trinajstić information content (AvgIpc) is 2.78. The summed E-state index contributed by atoms with van der Waals surface area (Å²) < 4.78 is 26.8. The smallest absolute Gasteiger partial charge is 0.324 e. The third kappa shape index (κ3) is 2.79. The maximum atomic E-state index is 12.2. The van der Waals surface area contributed by atoms with Crippen molar-refractivity contribution >= 4 is 16.0 Å². The third-order valence-electron chi connectivity index (χ3n) is 3.53. The number of carboxylic acids is 1. The van der Waals surface area contributed by atoms with Crippen LogP contribution >= 0.6 is 0 Å². The van der Waals surface area contributed by atoms with Crippen LogP contribution in [-0.4, -0.2) is 25.0 Å². The van der Waals surface area contributed by atoms with Crippen LogP contribution in [0, 0.1) is 6.92 Å². The Hall–Kier alpha value is -1.40. The van der Waals surface area contributed by atoms with Crippen LogP contribution in [0.2, 0.25) is 0 Å². The molecule has 0 aliphatic heterocycles. The summed E-state index contributed by atoms with van der Waals surface area (Å²) in [6.07, 6.45) is 2.13. The van der Waals surface area contributed by atoms with Crippen LogP contribution in [0.3, 0.4) is 0 Å². The van der Waals surface area contributed by atoms with Gasteiger partial charge >= 0.3 is 5.97 Å². The standard InChI is InChI=1S/C13H17NO4S/c1-10-4-6-11(7-5-10)19(17,18)14-13(12(15)16)8-2-3-9-13/h4-7,14H,2-3,8-9H2,1H3,(H,15,16). The number of sulfonamides is 1. The molecule has 5 nitrogen and oxygen atoms in total. The highest BCUT2D eigenvalue weighted by Gasteiger charge is 2.44. The first-order chi connectivity index (χ1) is 8.86. The fraction of sp³-hybridized carbons (Fsp3) is 0.462. The highest BCUT2D eigenvalue weighted by molar-refractivity contribution is 7.89. The van der Waals surface area contributed by atoms with E-state index >= 15 is 0 Å². The first-order valence-corrected chi connectivity index (χ1v) is 7.68. The number of hydrogen-bond donors (Lipinski definition) is 2. The molecule has 0 spiro atoms. The van der Waals surface area contributed by atoms with Gasteiger partial charge < -0.3 is 5.11 Å². The Bertz CT molecular complexity index is 571. The maximum Gasteiger partial charge on any atom is 0.324 e. The molecule has 2 rings (SSSR count). The lowest BCUT2D eigenvalue weighted by Gasteiger charge is -2.25. The Morgan fingerprint density at radius 2 is 1.74 bits per heavy atom. The lowest BCUT2D eigenvalue weighted by atomic mass is 10.0. The van der Waals surface area contributed by atoms with Gasteiger partial charge in [-0.15, -0.1) is 0 Å². The Morgan fingerprint density at radius 1 is 1.21 bits per heavy atom. The maximum absolute atomic E-state index is 12.2. The summed E-state index contributed by atoms with van der Waals surface area (Å²) in [5, 5.41) is 9.29. The van der Waals surface area contributed by atoms with Crippen LogP contribution in [-0.2, 0) is 14.8 Å². The molecule has 0 bridgehead atoms. The monoisotopic (exact) mass is 283 g/mol. The SMILES string of the molecule is Cc1ccc(S(=O)(=O)NC2(C(=O)O)CCCC2)cc1. The molecule has 2 N–H and O–H groups in total. The van der Waals surface area contributed by atoms with Gasteiger partial charge in [0.2, 0.25) is 10.0 Å². The second kappa shape index (κ2) is 4.94. The molecular weight excluding hydrogens is 266 g/mol. The second-order valence-electron chi connectivity index (χ2n) is 5.01. The molecule has 104 valence electrons. The lowest BCUT2D eigenvalue weighted by molar-refractivity contribution is -0.143. The predicted molar refractivity (Wildman–Crippen MR) is 70.3 cm³/mol. The van der Waals surface area contributed by atoms with Crippen molar-refractivity contribution in [3.05, 3.63) is 29.8 Å². The van der Waals surface area contributed by atoms with Crippen molar-refractivity contribution < 1.29 is 18.3 Å². The van der Waals surface area contributed by atoms with E-state index in [4.69, 9.17) is 0 Å². The zero-order valence-corrected chi connectivity index (χ0v) is 11.5. The van der Waals surface area contributed by atoms with Crippen molar-refractivity contribution in [3.8, 4) is 0 Å². The number of carboxylic acid groups (broad SMARTS) is 1. The second-order valence-corrected chi connectivity index (χ2v) is 6.70. The minimum atomic E-state index is -3.79. The van der Waals surface area contributed by atoms with Gasteiger partial charge in [-0.25, -0.2) is 8.42 Å². The first kappa shape index (κ1) is 14.0. The van der Waals surface area contributed by atoms with E-state index in [1.54, 1.807) is 12.1 Å². The molecular formula is C13H17NO4S. The highest BCUT2D eigenvalue weighted by Crippen LogP contribution is 2.31. The number of benzene rings is 1. The van der Waals surface area contributed by atoms with Crippen LogP contribution in [0.1, 0.15) is 31.2 Å². The molecule has 1 saturated carbocycles. The van der Waals surface area contributed by atoms with Crippen LogP contribution in [0.25, 0.3) is 0 Å². The minimum Gasteiger partial charge on any atom is -0.480 e. The van der Waals surface area contributed by atoms with Crippen molar-refractivity contribution in [3.63, 3.8) is 0 Å². The molecule has 1 aliphatic rings. The van der Waals surface area contributed by atoms with Gasteiger partial charge in [0.1, 0.15) is 5.54 Å². The highest BCUT2D eigenvalue weighted by atomic mass is 32.2. The number of hydrogen-bond acceptors (Lipinski definition) is 3. The molecule has 0 aromatic heterocycles. The minimum absolute atomic E-state index is 0.102. The molecule has 0 unspecified atom stereocenters. The number of rotatable bonds is 4. The van der Waals surface area contributed by atoms with Crippen LogP contribution in [0.5, 0.6) is 0 Å². The molecule has 1 fully saturated rings. The fourth-order valence-electron chi connectivity index (χ4n) is 2.37. The van der Waals surface area contributed by atoms with Gasteiger partial charge in [0.25, 0.3) is 0 Å². The largest absolute Gasteiger partial charge is 0.480 e. The third-order valence-corrected chi connectivity index (χ3v) is 5.08. The van der Waals surface area contributed by atoms with Crippen molar-refractivity contribution in [1.29, 1.82) is 0 Å². The van der Waals surface area contributed by atoms with E-state index in [0.717, 1.165) is 18.4 Å². The van der Waals surface area contributed by atoms with E-state index in [-0.39, 0.29) is 4.90 Å². The average molecular weight is 283 g/mol. The molecule has 0 saturated heterocycles. The van der Waals surface area contributed by atoms with Gasteiger partial charge in [0.15, 0.2) is 0 Å². The summed E-state index contributed by atoms with van der Waals surface area (Å²) in [4.78, 5) is 11.5. The van der Waals surface area contributed by atoms with Crippen LogP contribution in [0.4, 0.5) is 0 Å². The van der Waals surface area contributed by atoms with Gasteiger partial charge in [-0.05, 0) is 31.9 Å². The van der Waals surface area contributed by atoms with E-state index < -0.39 is 21.5 Å². The molecule has 1 aromatic carbocycles. The molecule has 0 amide bonds. The van der Waals surface area contributed by atoms with E-state index in [9.17, 15) is 18.3 Å². The molecule has 6 heteroatoms. The Labute approximate surface area is 112 Å². The van der Waals surface area contributed by atoms with Crippen LogP contribution < -0.4 is 4.72 Å². The van der Waals surface area contributed by atoms with Crippen molar-refractivity contribution in [2.75, 3.05) is 0 Å². The molecule has 19 heavy (non-hydrogen) atoms. The van der Waals surface area contributed by atoms with E-state index in [0.29, 0.717) is 12.8 Å². The zero-order chi connectivity index (χ0) is 14.1. The normalized spacial score (nSPS) is 18.4. The van der Waals surface area contributed by atoms with Crippen molar-refractivity contribution in [1.82, 2.24) is 4.72 Å². The summed E-state index contributed by atoms with van der Waals surface area (Å²) in [7, 11) is -3.79. The van der Waals surface area contributed by atoms with Crippen molar-refractivity contribution in [2.45, 2.75) is 43.0 Å². The Balaban J connectivity index is 2.30. The number of carbonyl (C=O) groups is 1. The predicted octanol–water partition coefficient (Wildman–Crippen LogP) is 1.67. The quantitative estimate of drug-likeness (QED) is 0.880. The van der Waals surface area contributed by atoms with Gasteiger partial charge in [-0.3, -0.25) is 4.79 Å². The summed E-state index contributed by atoms with van der Waals surface area (Å²) >= 11 is 0. The first-order valence-electron chi connectivity index (χ1n) is 6.20. The summed E-state index contributed by atoms with van der Waals surface area (Å²) in [6.45, 7) is 1.86.